The van der Waals surface area contributed by atoms with Crippen molar-refractivity contribution in [1.82, 2.24) is 10.6 Å². The van der Waals surface area contributed by atoms with Crippen molar-refractivity contribution >= 4 is 12.4 Å². The highest BCUT2D eigenvalue weighted by molar-refractivity contribution is 5.85. The second-order valence-electron chi connectivity index (χ2n) is 5.36. The highest BCUT2D eigenvalue weighted by Crippen LogP contribution is 2.24. The molecule has 0 aliphatic carbocycles. The van der Waals surface area contributed by atoms with Crippen molar-refractivity contribution in [3.8, 4) is 11.3 Å². The number of nitrogens with one attached hydrogen (secondary N) is 2. The van der Waals surface area contributed by atoms with E-state index in [2.05, 4.69) is 10.6 Å². The summed E-state index contributed by atoms with van der Waals surface area (Å²) in [5.74, 6) is 1.23. The summed E-state index contributed by atoms with van der Waals surface area (Å²) in [7, 11) is 0. The van der Waals surface area contributed by atoms with Crippen molar-refractivity contribution in [2.24, 2.45) is 5.92 Å². The van der Waals surface area contributed by atoms with Gasteiger partial charge in [-0.1, -0.05) is 12.1 Å². The van der Waals surface area contributed by atoms with Crippen molar-refractivity contribution in [2.45, 2.75) is 12.6 Å². The Labute approximate surface area is 135 Å². The van der Waals surface area contributed by atoms with Crippen molar-refractivity contribution < 1.29 is 13.9 Å². The lowest BCUT2D eigenvalue weighted by Crippen LogP contribution is -2.30. The maximum Gasteiger partial charge on any atom is 0.137 e. The van der Waals surface area contributed by atoms with Crippen LogP contribution in [0, 0.1) is 11.7 Å². The van der Waals surface area contributed by atoms with Crippen LogP contribution in [0.2, 0.25) is 0 Å². The maximum absolute atomic E-state index is 13.7. The fraction of sp³-hybridized carbons (Fsp3) is 0.375. The van der Waals surface area contributed by atoms with Gasteiger partial charge in [0.15, 0.2) is 0 Å². The summed E-state index contributed by atoms with van der Waals surface area (Å²) in [5.41, 5.74) is 0.471. The Balaban J connectivity index is 0.00000176. The topological polar surface area (TPSA) is 57.4 Å². The number of hydrogen-bond acceptors (Lipinski definition) is 4. The molecule has 22 heavy (non-hydrogen) atoms. The Morgan fingerprint density at radius 3 is 2.77 bits per heavy atom. The smallest absolute Gasteiger partial charge is 0.137 e. The molecule has 3 rings (SSSR count). The third-order valence-electron chi connectivity index (χ3n) is 3.81. The van der Waals surface area contributed by atoms with Crippen LogP contribution >= 0.6 is 12.4 Å². The molecule has 2 heterocycles. The molecule has 120 valence electrons. The van der Waals surface area contributed by atoms with E-state index < -0.39 is 0 Å². The normalized spacial score (nSPS) is 20.8. The van der Waals surface area contributed by atoms with Gasteiger partial charge in [0.05, 0.1) is 18.2 Å². The molecule has 2 atom stereocenters. The second-order valence-corrected chi connectivity index (χ2v) is 5.36. The van der Waals surface area contributed by atoms with Gasteiger partial charge in [0.1, 0.15) is 17.3 Å². The third kappa shape index (κ3) is 3.87. The molecule has 2 aromatic rings. The maximum atomic E-state index is 13.7. The molecule has 1 aromatic heterocycles. The van der Waals surface area contributed by atoms with E-state index in [0.29, 0.717) is 24.4 Å². The summed E-state index contributed by atoms with van der Waals surface area (Å²) in [6.07, 6.45) is -0.289. The highest BCUT2D eigenvalue weighted by atomic mass is 35.5. The lowest BCUT2D eigenvalue weighted by Gasteiger charge is -2.13. The van der Waals surface area contributed by atoms with Crippen LogP contribution in [0.15, 0.2) is 40.8 Å². The molecule has 1 aliphatic rings. The molecule has 1 aliphatic heterocycles. The predicted octanol–water partition coefficient (Wildman–Crippen LogP) is 2.18. The van der Waals surface area contributed by atoms with E-state index in [9.17, 15) is 9.50 Å². The van der Waals surface area contributed by atoms with Gasteiger partial charge in [0, 0.05) is 25.6 Å². The van der Waals surface area contributed by atoms with Crippen LogP contribution in [0.3, 0.4) is 0 Å². The Hall–Kier alpha value is -1.40. The molecule has 2 unspecified atom stereocenters. The number of benzene rings is 1. The van der Waals surface area contributed by atoms with Gasteiger partial charge in [0.2, 0.25) is 0 Å². The van der Waals surface area contributed by atoms with Crippen LogP contribution in [-0.4, -0.2) is 30.8 Å². The number of furan rings is 1. The van der Waals surface area contributed by atoms with Crippen molar-refractivity contribution in [1.29, 1.82) is 0 Å². The first kappa shape index (κ1) is 17.0. The Morgan fingerprint density at radius 2 is 2.05 bits per heavy atom. The largest absolute Gasteiger partial charge is 0.460 e. The number of aliphatic hydroxyl groups is 1. The van der Waals surface area contributed by atoms with Gasteiger partial charge in [0.25, 0.3) is 0 Å². The Kier molecular flexibility index (Phi) is 5.97. The van der Waals surface area contributed by atoms with Crippen LogP contribution in [-0.2, 0) is 6.54 Å². The molecule has 6 heteroatoms. The number of rotatable bonds is 5. The Bertz CT molecular complexity index is 605. The zero-order valence-corrected chi connectivity index (χ0v) is 12.9. The number of β-amino-alcohol motifs (C(OH)–C–C–N with tert-alkyl or cyclic N) is 1. The molecule has 4 nitrogen and oxygen atoms in total. The van der Waals surface area contributed by atoms with Crippen molar-refractivity contribution in [2.75, 3.05) is 19.6 Å². The van der Waals surface area contributed by atoms with Crippen LogP contribution < -0.4 is 10.6 Å². The highest BCUT2D eigenvalue weighted by Gasteiger charge is 2.24. The lowest BCUT2D eigenvalue weighted by atomic mass is 10.1. The van der Waals surface area contributed by atoms with E-state index in [1.54, 1.807) is 24.3 Å². The molecule has 1 aromatic carbocycles. The summed E-state index contributed by atoms with van der Waals surface area (Å²) in [5, 5.41) is 16.1. The zero-order chi connectivity index (χ0) is 14.7. The first-order valence-corrected chi connectivity index (χ1v) is 7.17. The lowest BCUT2D eigenvalue weighted by molar-refractivity contribution is 0.146. The standard InChI is InChI=1S/C16H19FN2O2.ClH/c17-14-4-2-1-3-13(14)16-6-5-12(21-16)9-18-7-11-8-19-10-15(11)20;/h1-6,11,15,18-20H,7-10H2;1H. The number of aliphatic hydroxyl groups excluding tert-OH is 1. The van der Waals surface area contributed by atoms with Crippen LogP contribution in [0.5, 0.6) is 0 Å². The van der Waals surface area contributed by atoms with Gasteiger partial charge in [-0.25, -0.2) is 4.39 Å². The third-order valence-corrected chi connectivity index (χ3v) is 3.81. The average molecular weight is 327 g/mol. The minimum absolute atomic E-state index is 0. The minimum Gasteiger partial charge on any atom is -0.460 e. The molecular formula is C16H20ClFN2O2. The quantitative estimate of drug-likeness (QED) is 0.788. The van der Waals surface area contributed by atoms with Crippen LogP contribution in [0.1, 0.15) is 5.76 Å². The van der Waals surface area contributed by atoms with E-state index in [1.807, 2.05) is 6.07 Å². The zero-order valence-electron chi connectivity index (χ0n) is 12.1. The number of halogens is 2. The van der Waals surface area contributed by atoms with Gasteiger partial charge in [-0.2, -0.15) is 0 Å². The summed E-state index contributed by atoms with van der Waals surface area (Å²) >= 11 is 0. The molecule has 0 saturated carbocycles. The van der Waals surface area contributed by atoms with Gasteiger partial charge in [-0.15, -0.1) is 12.4 Å². The summed E-state index contributed by atoms with van der Waals surface area (Å²) < 4.78 is 19.3. The molecule has 0 radical (unpaired) electrons. The Morgan fingerprint density at radius 1 is 1.23 bits per heavy atom. The van der Waals surface area contributed by atoms with Gasteiger partial charge < -0.3 is 20.2 Å². The molecule has 0 spiro atoms. The monoisotopic (exact) mass is 326 g/mol. The van der Waals surface area contributed by atoms with E-state index in [4.69, 9.17) is 4.42 Å². The van der Waals surface area contributed by atoms with E-state index in [1.165, 1.54) is 6.07 Å². The van der Waals surface area contributed by atoms with Crippen molar-refractivity contribution in [3.63, 3.8) is 0 Å². The average Bonchev–Trinajstić information content (AvgIpc) is 3.10. The second kappa shape index (κ2) is 7.74. The fourth-order valence-corrected chi connectivity index (χ4v) is 2.59. The van der Waals surface area contributed by atoms with E-state index in [0.717, 1.165) is 18.8 Å². The van der Waals surface area contributed by atoms with Crippen LogP contribution in [0.4, 0.5) is 4.39 Å². The summed E-state index contributed by atoms with van der Waals surface area (Å²) in [6.45, 7) is 2.78. The first-order valence-electron chi connectivity index (χ1n) is 7.17. The van der Waals surface area contributed by atoms with E-state index >= 15 is 0 Å². The molecule has 1 fully saturated rings. The molecule has 3 N–H and O–H groups in total. The van der Waals surface area contributed by atoms with E-state index in [-0.39, 0.29) is 30.2 Å². The first-order chi connectivity index (χ1) is 10.2. The van der Waals surface area contributed by atoms with Crippen molar-refractivity contribution in [3.05, 3.63) is 48.0 Å². The molecule has 1 saturated heterocycles. The molecular weight excluding hydrogens is 307 g/mol. The van der Waals surface area contributed by atoms with Gasteiger partial charge in [-0.3, -0.25) is 0 Å². The molecule has 0 amide bonds. The SMILES string of the molecule is Cl.OC1CNCC1CNCc1ccc(-c2ccccc2F)o1. The van der Waals surface area contributed by atoms with Gasteiger partial charge in [-0.05, 0) is 24.3 Å². The predicted molar refractivity (Wildman–Crippen MR) is 85.4 cm³/mol. The van der Waals surface area contributed by atoms with Crippen LogP contribution in [0.25, 0.3) is 11.3 Å². The molecule has 0 bridgehead atoms. The summed E-state index contributed by atoms with van der Waals surface area (Å²) in [6, 6.07) is 10.2. The van der Waals surface area contributed by atoms with Gasteiger partial charge >= 0.3 is 0 Å². The fourth-order valence-electron chi connectivity index (χ4n) is 2.59. The minimum atomic E-state index is -0.289. The number of hydrogen-bond donors (Lipinski definition) is 3. The summed E-state index contributed by atoms with van der Waals surface area (Å²) in [4.78, 5) is 0.